The quantitative estimate of drug-likeness (QED) is 0.298. The first-order valence-corrected chi connectivity index (χ1v) is 5.10. The molecule has 0 atom stereocenters. The van der Waals surface area contributed by atoms with Crippen LogP contribution < -0.4 is 5.73 Å². The molecule has 0 aromatic heterocycles. The van der Waals surface area contributed by atoms with Gasteiger partial charge in [-0.2, -0.15) is 5.26 Å². The lowest BCUT2D eigenvalue weighted by Crippen LogP contribution is -2.09. The van der Waals surface area contributed by atoms with Crippen molar-refractivity contribution < 1.29 is 4.92 Å². The number of thiocarbonyl (C=S) groups is 1. The molecule has 1 rings (SSSR count). The predicted molar refractivity (Wildman–Crippen MR) is 68.5 cm³/mol. The van der Waals surface area contributed by atoms with Crippen LogP contribution in [0.2, 0.25) is 5.02 Å². The summed E-state index contributed by atoms with van der Waals surface area (Å²) in [6, 6.07) is 5.69. The lowest BCUT2D eigenvalue weighted by atomic mass is 10.1. The number of nitriles is 1. The highest BCUT2D eigenvalue weighted by molar-refractivity contribution is 7.80. The second kappa shape index (κ2) is 5.39. The number of nitro groups is 1. The van der Waals surface area contributed by atoms with Gasteiger partial charge in [0.25, 0.3) is 5.69 Å². The SMILES string of the molecule is N#CC(=Cc1cc([N+](=O)[O-])ccc1Cl)C(N)=S. The van der Waals surface area contributed by atoms with Gasteiger partial charge in [-0.25, -0.2) is 0 Å². The molecule has 0 bridgehead atoms. The monoisotopic (exact) mass is 267 g/mol. The summed E-state index contributed by atoms with van der Waals surface area (Å²) in [7, 11) is 0. The second-order valence-electron chi connectivity index (χ2n) is 3.00. The molecule has 0 aliphatic heterocycles. The topological polar surface area (TPSA) is 92.9 Å². The highest BCUT2D eigenvalue weighted by atomic mass is 35.5. The first kappa shape index (κ1) is 13.1. The van der Waals surface area contributed by atoms with Crippen LogP contribution in [0, 0.1) is 21.4 Å². The number of nitrogens with two attached hydrogens (primary N) is 1. The van der Waals surface area contributed by atoms with E-state index in [9.17, 15) is 10.1 Å². The third kappa shape index (κ3) is 3.24. The molecule has 2 N–H and O–H groups in total. The molecule has 17 heavy (non-hydrogen) atoms. The van der Waals surface area contributed by atoms with Crippen molar-refractivity contribution in [3.05, 3.63) is 44.5 Å². The lowest BCUT2D eigenvalue weighted by molar-refractivity contribution is -0.384. The van der Waals surface area contributed by atoms with E-state index in [0.29, 0.717) is 5.56 Å². The summed E-state index contributed by atoms with van der Waals surface area (Å²) in [6.45, 7) is 0. The first-order chi connectivity index (χ1) is 7.95. The van der Waals surface area contributed by atoms with Crippen LogP contribution in [-0.2, 0) is 0 Å². The van der Waals surface area contributed by atoms with Crippen LogP contribution in [0.4, 0.5) is 5.69 Å². The molecule has 1 aromatic carbocycles. The van der Waals surface area contributed by atoms with Gasteiger partial charge in [-0.1, -0.05) is 23.8 Å². The van der Waals surface area contributed by atoms with E-state index in [1.54, 1.807) is 6.07 Å². The van der Waals surface area contributed by atoms with Crippen LogP contribution in [0.15, 0.2) is 23.8 Å². The first-order valence-electron chi connectivity index (χ1n) is 4.31. The van der Waals surface area contributed by atoms with Gasteiger partial charge in [0.05, 0.1) is 10.5 Å². The minimum atomic E-state index is -0.555. The number of benzene rings is 1. The summed E-state index contributed by atoms with van der Waals surface area (Å²) in [4.78, 5) is 9.94. The van der Waals surface area contributed by atoms with Gasteiger partial charge >= 0.3 is 0 Å². The summed E-state index contributed by atoms with van der Waals surface area (Å²) >= 11 is 10.5. The summed E-state index contributed by atoms with van der Waals surface area (Å²) in [5, 5.41) is 19.6. The Morgan fingerprint density at radius 1 is 1.65 bits per heavy atom. The number of non-ortho nitro benzene ring substituents is 1. The number of rotatable bonds is 3. The summed E-state index contributed by atoms with van der Waals surface area (Å²) < 4.78 is 0. The highest BCUT2D eigenvalue weighted by Gasteiger charge is 2.09. The van der Waals surface area contributed by atoms with Gasteiger partial charge in [-0.15, -0.1) is 0 Å². The Hall–Kier alpha value is -1.97. The standard InChI is InChI=1S/C10H6ClN3O2S/c11-9-2-1-8(14(15)16)4-6(9)3-7(5-12)10(13)17/h1-4H,(H2,13,17). The molecule has 5 nitrogen and oxygen atoms in total. The van der Waals surface area contributed by atoms with Crippen molar-refractivity contribution in [3.63, 3.8) is 0 Å². The number of nitrogens with zero attached hydrogens (tertiary/aromatic N) is 2. The molecule has 0 fully saturated rings. The van der Waals surface area contributed by atoms with E-state index in [1.165, 1.54) is 24.3 Å². The van der Waals surface area contributed by atoms with Crippen LogP contribution in [0.5, 0.6) is 0 Å². The van der Waals surface area contributed by atoms with Crippen molar-refractivity contribution in [2.45, 2.75) is 0 Å². The van der Waals surface area contributed by atoms with Gasteiger partial charge in [0.2, 0.25) is 0 Å². The molecular weight excluding hydrogens is 262 g/mol. The lowest BCUT2D eigenvalue weighted by Gasteiger charge is -2.00. The Kier molecular flexibility index (Phi) is 4.15. The molecule has 7 heteroatoms. The maximum atomic E-state index is 10.6. The van der Waals surface area contributed by atoms with Crippen molar-refractivity contribution in [1.82, 2.24) is 0 Å². The van der Waals surface area contributed by atoms with E-state index < -0.39 is 4.92 Å². The van der Waals surface area contributed by atoms with Crippen molar-refractivity contribution in [2.24, 2.45) is 5.73 Å². The molecule has 0 saturated carbocycles. The average Bonchev–Trinajstić information content (AvgIpc) is 2.27. The van der Waals surface area contributed by atoms with Gasteiger partial charge < -0.3 is 5.73 Å². The van der Waals surface area contributed by atoms with Crippen LogP contribution in [-0.4, -0.2) is 9.91 Å². The molecule has 0 aliphatic carbocycles. The fourth-order valence-corrected chi connectivity index (χ4v) is 1.35. The molecule has 0 spiro atoms. The fraction of sp³-hybridized carbons (Fsp3) is 0. The molecular formula is C10H6ClN3O2S. The average molecular weight is 268 g/mol. The van der Waals surface area contributed by atoms with E-state index in [1.807, 2.05) is 0 Å². The van der Waals surface area contributed by atoms with Gasteiger partial charge in [-0.3, -0.25) is 10.1 Å². The van der Waals surface area contributed by atoms with Crippen molar-refractivity contribution >= 4 is 40.6 Å². The van der Waals surface area contributed by atoms with Crippen molar-refractivity contribution in [2.75, 3.05) is 0 Å². The predicted octanol–water partition coefficient (Wildman–Crippen LogP) is 2.44. The van der Waals surface area contributed by atoms with Crippen LogP contribution in [0.3, 0.4) is 0 Å². The number of halogens is 1. The Morgan fingerprint density at radius 2 is 2.29 bits per heavy atom. The molecule has 0 saturated heterocycles. The molecule has 0 aliphatic rings. The Bertz CT molecular complexity index is 563. The largest absolute Gasteiger partial charge is 0.389 e. The summed E-state index contributed by atoms with van der Waals surface area (Å²) in [6.07, 6.45) is 1.32. The summed E-state index contributed by atoms with van der Waals surface area (Å²) in [5.74, 6) is 0. The van der Waals surface area contributed by atoms with E-state index in [4.69, 9.17) is 22.6 Å². The van der Waals surface area contributed by atoms with E-state index in [2.05, 4.69) is 12.2 Å². The molecule has 0 radical (unpaired) electrons. The zero-order valence-corrected chi connectivity index (χ0v) is 9.96. The van der Waals surface area contributed by atoms with Crippen LogP contribution >= 0.6 is 23.8 Å². The normalized spacial score (nSPS) is 10.7. The van der Waals surface area contributed by atoms with Crippen LogP contribution in [0.1, 0.15) is 5.56 Å². The number of hydrogen-bond donors (Lipinski definition) is 1. The Balaban J connectivity index is 3.32. The van der Waals surface area contributed by atoms with Crippen LogP contribution in [0.25, 0.3) is 6.08 Å². The van der Waals surface area contributed by atoms with E-state index >= 15 is 0 Å². The summed E-state index contributed by atoms with van der Waals surface area (Å²) in [5.41, 5.74) is 5.55. The van der Waals surface area contributed by atoms with E-state index in [-0.39, 0.29) is 21.3 Å². The molecule has 0 heterocycles. The van der Waals surface area contributed by atoms with Gasteiger partial charge in [0, 0.05) is 22.7 Å². The van der Waals surface area contributed by atoms with Gasteiger partial charge in [0.1, 0.15) is 11.1 Å². The molecule has 86 valence electrons. The third-order valence-corrected chi connectivity index (χ3v) is 2.44. The third-order valence-electron chi connectivity index (χ3n) is 1.88. The Morgan fingerprint density at radius 3 is 2.76 bits per heavy atom. The second-order valence-corrected chi connectivity index (χ2v) is 3.84. The smallest absolute Gasteiger partial charge is 0.270 e. The highest BCUT2D eigenvalue weighted by Crippen LogP contribution is 2.24. The van der Waals surface area contributed by atoms with Gasteiger partial charge in [-0.05, 0) is 12.1 Å². The van der Waals surface area contributed by atoms with Gasteiger partial charge in [0.15, 0.2) is 0 Å². The maximum absolute atomic E-state index is 10.6. The molecule has 0 unspecified atom stereocenters. The van der Waals surface area contributed by atoms with Crippen molar-refractivity contribution in [3.8, 4) is 6.07 Å². The van der Waals surface area contributed by atoms with Crippen molar-refractivity contribution in [1.29, 1.82) is 5.26 Å². The number of hydrogen-bond acceptors (Lipinski definition) is 4. The number of nitro benzene ring substituents is 1. The minimum Gasteiger partial charge on any atom is -0.389 e. The molecule has 1 aromatic rings. The zero-order valence-electron chi connectivity index (χ0n) is 8.38. The zero-order chi connectivity index (χ0) is 13.0. The molecule has 0 amide bonds. The fourth-order valence-electron chi connectivity index (χ4n) is 1.07. The maximum Gasteiger partial charge on any atom is 0.270 e. The van der Waals surface area contributed by atoms with E-state index in [0.717, 1.165) is 0 Å². The Labute approximate surface area is 107 Å². The minimum absolute atomic E-state index is 0.0439.